The first-order valence-electron chi connectivity index (χ1n) is 9.14. The zero-order valence-corrected chi connectivity index (χ0v) is 17.4. The third-order valence-electron chi connectivity index (χ3n) is 4.41. The number of alkyl halides is 3. The predicted molar refractivity (Wildman–Crippen MR) is 113 cm³/mol. The van der Waals surface area contributed by atoms with E-state index in [1.807, 2.05) is 0 Å². The molecule has 0 fully saturated rings. The summed E-state index contributed by atoms with van der Waals surface area (Å²) in [6, 6.07) is 15.4. The highest BCUT2D eigenvalue weighted by Gasteiger charge is 2.30. The maximum atomic E-state index is 12.9. The van der Waals surface area contributed by atoms with Crippen LogP contribution in [0.5, 0.6) is 0 Å². The van der Waals surface area contributed by atoms with Gasteiger partial charge in [0.15, 0.2) is 9.84 Å². The summed E-state index contributed by atoms with van der Waals surface area (Å²) >= 11 is 0. The van der Waals surface area contributed by atoms with Crippen LogP contribution >= 0.6 is 0 Å². The molecule has 0 aliphatic carbocycles. The third-order valence-corrected chi connectivity index (χ3v) is 5.54. The van der Waals surface area contributed by atoms with Gasteiger partial charge in [-0.15, -0.1) is 0 Å². The molecular weight excluding hydrogens is 445 g/mol. The number of hydrogen-bond acceptors (Lipinski definition) is 4. The van der Waals surface area contributed by atoms with Crippen molar-refractivity contribution in [3.63, 3.8) is 0 Å². The number of halogens is 3. The highest BCUT2D eigenvalue weighted by molar-refractivity contribution is 7.90. The highest BCUT2D eigenvalue weighted by Crippen LogP contribution is 2.31. The van der Waals surface area contributed by atoms with Crippen molar-refractivity contribution in [2.24, 2.45) is 0 Å². The van der Waals surface area contributed by atoms with Crippen molar-refractivity contribution < 1.29 is 31.2 Å². The van der Waals surface area contributed by atoms with Crippen LogP contribution in [0, 0.1) is 0 Å². The largest absolute Gasteiger partial charge is 0.416 e. The highest BCUT2D eigenvalue weighted by atomic mass is 32.2. The molecule has 3 aromatic carbocycles. The second-order valence-electron chi connectivity index (χ2n) is 6.83. The minimum atomic E-state index is -4.56. The van der Waals surface area contributed by atoms with Gasteiger partial charge in [0, 0.05) is 17.5 Å². The minimum absolute atomic E-state index is 0.0333. The summed E-state index contributed by atoms with van der Waals surface area (Å²) < 4.78 is 61.8. The minimum Gasteiger partial charge on any atom is -0.322 e. The van der Waals surface area contributed by atoms with Gasteiger partial charge >= 0.3 is 6.18 Å². The maximum absolute atomic E-state index is 12.9. The molecule has 3 aromatic rings. The number of carbonyl (C=O) groups excluding carboxylic acids is 2. The average molecular weight is 462 g/mol. The van der Waals surface area contributed by atoms with Crippen LogP contribution in [0.25, 0.3) is 0 Å². The molecule has 0 atom stereocenters. The summed E-state index contributed by atoms with van der Waals surface area (Å²) in [5.41, 5.74) is -0.637. The predicted octanol–water partition coefficient (Wildman–Crippen LogP) is 4.61. The third kappa shape index (κ3) is 5.52. The lowest BCUT2D eigenvalue weighted by molar-refractivity contribution is -0.137. The van der Waals surface area contributed by atoms with Crippen molar-refractivity contribution in [1.82, 2.24) is 0 Å². The zero-order valence-electron chi connectivity index (χ0n) is 16.6. The average Bonchev–Trinajstić information content (AvgIpc) is 2.73. The summed E-state index contributed by atoms with van der Waals surface area (Å²) in [6.45, 7) is 0. The molecule has 166 valence electrons. The van der Waals surface area contributed by atoms with E-state index < -0.39 is 33.4 Å². The fourth-order valence-corrected chi connectivity index (χ4v) is 3.44. The number of amides is 2. The van der Waals surface area contributed by atoms with Crippen molar-refractivity contribution in [3.8, 4) is 0 Å². The molecule has 32 heavy (non-hydrogen) atoms. The van der Waals surface area contributed by atoms with Gasteiger partial charge in [0.25, 0.3) is 11.8 Å². The van der Waals surface area contributed by atoms with E-state index in [9.17, 15) is 31.2 Å². The number of para-hydroxylation sites is 1. The van der Waals surface area contributed by atoms with Gasteiger partial charge in [-0.05, 0) is 54.6 Å². The number of rotatable bonds is 5. The molecule has 3 rings (SSSR count). The topological polar surface area (TPSA) is 92.3 Å². The molecule has 0 saturated heterocycles. The second kappa shape index (κ2) is 8.83. The van der Waals surface area contributed by atoms with Crippen LogP contribution in [0.4, 0.5) is 24.5 Å². The van der Waals surface area contributed by atoms with Crippen molar-refractivity contribution in [2.75, 3.05) is 16.9 Å². The molecule has 0 unspecified atom stereocenters. The Labute approximate surface area is 182 Å². The first kappa shape index (κ1) is 23.0. The number of nitrogens with one attached hydrogen (secondary N) is 2. The van der Waals surface area contributed by atoms with Crippen LogP contribution in [-0.4, -0.2) is 26.5 Å². The smallest absolute Gasteiger partial charge is 0.322 e. The number of carbonyl (C=O) groups is 2. The van der Waals surface area contributed by atoms with Gasteiger partial charge in [0.1, 0.15) is 0 Å². The van der Waals surface area contributed by atoms with Gasteiger partial charge in [-0.1, -0.05) is 18.2 Å². The van der Waals surface area contributed by atoms with E-state index in [0.717, 1.165) is 18.4 Å². The Morgan fingerprint density at radius 2 is 1.47 bits per heavy atom. The van der Waals surface area contributed by atoms with E-state index in [0.29, 0.717) is 0 Å². The molecular formula is C22H17F3N2O4S. The first-order chi connectivity index (χ1) is 14.9. The van der Waals surface area contributed by atoms with E-state index in [1.165, 1.54) is 54.6 Å². The van der Waals surface area contributed by atoms with Crippen molar-refractivity contribution in [1.29, 1.82) is 0 Å². The summed E-state index contributed by atoms with van der Waals surface area (Å²) in [5, 5.41) is 4.95. The van der Waals surface area contributed by atoms with Gasteiger partial charge in [0.2, 0.25) is 0 Å². The Bertz CT molecular complexity index is 1270. The quantitative estimate of drug-likeness (QED) is 0.579. The van der Waals surface area contributed by atoms with Gasteiger partial charge in [-0.3, -0.25) is 9.59 Å². The SMILES string of the molecule is CS(=O)(=O)c1ccc(C(=O)Nc2ccccc2C(=O)Nc2cccc(C(F)(F)F)c2)cc1. The standard InChI is InChI=1S/C22H17F3N2O4S/c1-32(30,31)17-11-9-14(10-12-17)20(28)27-19-8-3-2-7-18(19)21(29)26-16-6-4-5-15(13-16)22(23,24)25/h2-13H,1H3,(H,26,29)(H,27,28). The number of benzene rings is 3. The second-order valence-corrected chi connectivity index (χ2v) is 8.84. The molecule has 0 aliphatic rings. The van der Waals surface area contributed by atoms with Crippen molar-refractivity contribution in [2.45, 2.75) is 11.1 Å². The number of sulfone groups is 1. The number of anilines is 2. The summed E-state index contributed by atoms with van der Waals surface area (Å²) in [4.78, 5) is 25.3. The van der Waals surface area contributed by atoms with E-state index in [-0.39, 0.29) is 27.4 Å². The van der Waals surface area contributed by atoms with Crippen LogP contribution in [-0.2, 0) is 16.0 Å². The molecule has 0 saturated carbocycles. The van der Waals surface area contributed by atoms with E-state index in [4.69, 9.17) is 0 Å². The molecule has 10 heteroatoms. The molecule has 2 N–H and O–H groups in total. The molecule has 6 nitrogen and oxygen atoms in total. The Hall–Kier alpha value is -3.66. The fourth-order valence-electron chi connectivity index (χ4n) is 2.81. The van der Waals surface area contributed by atoms with E-state index in [1.54, 1.807) is 6.07 Å². The monoisotopic (exact) mass is 462 g/mol. The Morgan fingerprint density at radius 1 is 0.812 bits per heavy atom. The summed E-state index contributed by atoms with van der Waals surface area (Å²) in [5.74, 6) is -1.31. The van der Waals surface area contributed by atoms with Gasteiger partial charge in [-0.2, -0.15) is 13.2 Å². The lowest BCUT2D eigenvalue weighted by Crippen LogP contribution is -2.18. The summed E-state index contributed by atoms with van der Waals surface area (Å²) in [7, 11) is -3.42. The zero-order chi connectivity index (χ0) is 23.5. The van der Waals surface area contributed by atoms with Crippen LogP contribution in [0.1, 0.15) is 26.3 Å². The van der Waals surface area contributed by atoms with Gasteiger partial charge in [0.05, 0.1) is 21.7 Å². The molecule has 0 aliphatic heterocycles. The van der Waals surface area contributed by atoms with Crippen LogP contribution < -0.4 is 10.6 Å². The first-order valence-corrected chi connectivity index (χ1v) is 11.0. The van der Waals surface area contributed by atoms with Crippen molar-refractivity contribution >= 4 is 33.0 Å². The van der Waals surface area contributed by atoms with Crippen molar-refractivity contribution in [3.05, 3.63) is 89.5 Å². The van der Waals surface area contributed by atoms with E-state index >= 15 is 0 Å². The molecule has 2 amide bonds. The molecule has 0 radical (unpaired) electrons. The van der Waals surface area contributed by atoms with Crippen LogP contribution in [0.15, 0.2) is 77.7 Å². The Kier molecular flexibility index (Phi) is 6.35. The number of hydrogen-bond donors (Lipinski definition) is 2. The Balaban J connectivity index is 1.80. The summed E-state index contributed by atoms with van der Waals surface area (Å²) in [6.07, 6.45) is -3.51. The van der Waals surface area contributed by atoms with E-state index in [2.05, 4.69) is 10.6 Å². The molecule has 0 aromatic heterocycles. The molecule has 0 bridgehead atoms. The lowest BCUT2D eigenvalue weighted by atomic mass is 10.1. The van der Waals surface area contributed by atoms with Gasteiger partial charge < -0.3 is 10.6 Å². The fraction of sp³-hybridized carbons (Fsp3) is 0.0909. The normalized spacial score (nSPS) is 11.6. The van der Waals surface area contributed by atoms with Gasteiger partial charge in [-0.25, -0.2) is 8.42 Å². The molecule has 0 heterocycles. The van der Waals surface area contributed by atoms with Crippen LogP contribution in [0.2, 0.25) is 0 Å². The lowest BCUT2D eigenvalue weighted by Gasteiger charge is -2.13. The molecule has 0 spiro atoms. The van der Waals surface area contributed by atoms with Crippen LogP contribution in [0.3, 0.4) is 0 Å². The maximum Gasteiger partial charge on any atom is 0.416 e. The Morgan fingerprint density at radius 3 is 2.09 bits per heavy atom.